The summed E-state index contributed by atoms with van der Waals surface area (Å²) in [6.07, 6.45) is 4.12. The Morgan fingerprint density at radius 1 is 0.907 bits per heavy atom. The number of nitrogens with zero attached hydrogens (tertiary/aromatic N) is 3. The number of amides is 3. The summed E-state index contributed by atoms with van der Waals surface area (Å²) in [7, 11) is 0. The maximum Gasteiger partial charge on any atom is 0.320 e. The molecule has 7 heteroatoms. The second-order valence-electron chi connectivity index (χ2n) is 11.9. The van der Waals surface area contributed by atoms with E-state index in [2.05, 4.69) is 36.2 Å². The summed E-state index contributed by atoms with van der Waals surface area (Å²) >= 11 is 0. The molecular formula is C36H46N4O3. The Morgan fingerprint density at radius 2 is 1.60 bits per heavy atom. The minimum Gasteiger partial charge on any atom is -0.378 e. The van der Waals surface area contributed by atoms with E-state index >= 15 is 0 Å². The quantitative estimate of drug-likeness (QED) is 0.300. The maximum absolute atomic E-state index is 13.4. The zero-order chi connectivity index (χ0) is 30.0. The standard InChI is InChI=1S/C36H46N4O3/c1-3-18-40(27-29-16-19-38(20-17-29)36(42)39-21-23-43-24-22-39)28(2)25-30-10-9-13-32(26-30)37-35(41)34-15-8-7-14-33(34)31-11-5-4-6-12-31/h4-15,26,28-29H,3,16-25,27H2,1-2H3,(H,37,41). The van der Waals surface area contributed by atoms with E-state index in [9.17, 15) is 9.59 Å². The molecular weight excluding hydrogens is 536 g/mol. The summed E-state index contributed by atoms with van der Waals surface area (Å²) in [6.45, 7) is 11.0. The van der Waals surface area contributed by atoms with Crippen molar-refractivity contribution in [1.82, 2.24) is 14.7 Å². The van der Waals surface area contributed by atoms with Crippen LogP contribution in [-0.4, -0.2) is 85.2 Å². The third-order valence-electron chi connectivity index (χ3n) is 8.77. The van der Waals surface area contributed by atoms with Crippen LogP contribution >= 0.6 is 0 Å². The molecule has 1 unspecified atom stereocenters. The number of hydrogen-bond acceptors (Lipinski definition) is 4. The molecule has 43 heavy (non-hydrogen) atoms. The molecule has 2 aliphatic heterocycles. The number of piperidine rings is 1. The van der Waals surface area contributed by atoms with Crippen LogP contribution in [0.25, 0.3) is 11.1 Å². The molecule has 3 aromatic rings. The van der Waals surface area contributed by atoms with Crippen LogP contribution < -0.4 is 5.32 Å². The van der Waals surface area contributed by atoms with Gasteiger partial charge in [-0.1, -0.05) is 67.6 Å². The Bertz CT molecular complexity index is 1330. The molecule has 3 aromatic carbocycles. The van der Waals surface area contributed by atoms with Crippen molar-refractivity contribution in [2.75, 3.05) is 57.8 Å². The lowest BCUT2D eigenvalue weighted by Gasteiger charge is -2.39. The van der Waals surface area contributed by atoms with Crippen LogP contribution in [-0.2, 0) is 11.2 Å². The first kappa shape index (κ1) is 30.8. The van der Waals surface area contributed by atoms with Gasteiger partial charge in [0.25, 0.3) is 5.91 Å². The van der Waals surface area contributed by atoms with Gasteiger partial charge < -0.3 is 24.8 Å². The molecule has 0 radical (unpaired) electrons. The molecule has 0 aromatic heterocycles. The van der Waals surface area contributed by atoms with E-state index in [4.69, 9.17) is 4.74 Å². The molecule has 0 bridgehead atoms. The third-order valence-corrected chi connectivity index (χ3v) is 8.77. The highest BCUT2D eigenvalue weighted by Gasteiger charge is 2.29. The van der Waals surface area contributed by atoms with Gasteiger partial charge in [0.05, 0.1) is 13.2 Å². The topological polar surface area (TPSA) is 65.1 Å². The van der Waals surface area contributed by atoms with Gasteiger partial charge in [0.2, 0.25) is 0 Å². The number of morpholine rings is 1. The van der Waals surface area contributed by atoms with Gasteiger partial charge in [-0.3, -0.25) is 4.79 Å². The largest absolute Gasteiger partial charge is 0.378 e. The highest BCUT2D eigenvalue weighted by Crippen LogP contribution is 2.26. The number of benzene rings is 3. The Morgan fingerprint density at radius 3 is 2.35 bits per heavy atom. The monoisotopic (exact) mass is 582 g/mol. The van der Waals surface area contributed by atoms with Crippen LogP contribution in [0.15, 0.2) is 78.9 Å². The lowest BCUT2D eigenvalue weighted by Crippen LogP contribution is -2.51. The van der Waals surface area contributed by atoms with E-state index in [1.807, 2.05) is 76.5 Å². The molecule has 0 spiro atoms. The number of carbonyl (C=O) groups excluding carboxylic acids is 2. The number of rotatable bonds is 10. The van der Waals surface area contributed by atoms with Crippen molar-refractivity contribution >= 4 is 17.6 Å². The fourth-order valence-electron chi connectivity index (χ4n) is 6.37. The summed E-state index contributed by atoms with van der Waals surface area (Å²) in [4.78, 5) is 32.9. The first-order valence-electron chi connectivity index (χ1n) is 15.9. The van der Waals surface area contributed by atoms with Gasteiger partial charge >= 0.3 is 6.03 Å². The predicted molar refractivity (Wildman–Crippen MR) is 173 cm³/mol. The van der Waals surface area contributed by atoms with Gasteiger partial charge in [0, 0.05) is 50.0 Å². The van der Waals surface area contributed by atoms with Gasteiger partial charge in [0.1, 0.15) is 0 Å². The van der Waals surface area contributed by atoms with E-state index in [0.717, 1.165) is 68.7 Å². The molecule has 1 atom stereocenters. The number of urea groups is 1. The normalized spacial score (nSPS) is 16.7. The minimum absolute atomic E-state index is 0.101. The Labute approximate surface area is 256 Å². The van der Waals surface area contributed by atoms with Crippen molar-refractivity contribution in [3.8, 4) is 11.1 Å². The SMILES string of the molecule is CCCN(CC1CCN(C(=O)N2CCOCC2)CC1)C(C)Cc1cccc(NC(=O)c2ccccc2-c2ccccc2)c1. The lowest BCUT2D eigenvalue weighted by atomic mass is 9.95. The average molecular weight is 583 g/mol. The summed E-state index contributed by atoms with van der Waals surface area (Å²) < 4.78 is 5.41. The van der Waals surface area contributed by atoms with Crippen LogP contribution in [0.2, 0.25) is 0 Å². The van der Waals surface area contributed by atoms with Crippen LogP contribution in [0.5, 0.6) is 0 Å². The summed E-state index contributed by atoms with van der Waals surface area (Å²) in [6, 6.07) is 26.6. The van der Waals surface area contributed by atoms with Gasteiger partial charge in [-0.15, -0.1) is 0 Å². The van der Waals surface area contributed by atoms with Crippen LogP contribution in [0, 0.1) is 5.92 Å². The summed E-state index contributed by atoms with van der Waals surface area (Å²) in [5.74, 6) is 0.494. The molecule has 2 heterocycles. The van der Waals surface area contributed by atoms with Crippen LogP contribution in [0.3, 0.4) is 0 Å². The molecule has 2 fully saturated rings. The van der Waals surface area contributed by atoms with Crippen molar-refractivity contribution in [3.05, 3.63) is 90.0 Å². The molecule has 2 aliphatic rings. The molecule has 0 aliphatic carbocycles. The molecule has 3 amide bonds. The second-order valence-corrected chi connectivity index (χ2v) is 11.9. The Balaban J connectivity index is 1.16. The smallest absolute Gasteiger partial charge is 0.320 e. The van der Waals surface area contributed by atoms with Gasteiger partial charge in [-0.05, 0) is 80.0 Å². The Kier molecular flexibility index (Phi) is 10.9. The zero-order valence-electron chi connectivity index (χ0n) is 25.7. The van der Waals surface area contributed by atoms with E-state index in [1.165, 1.54) is 5.56 Å². The van der Waals surface area contributed by atoms with E-state index in [0.29, 0.717) is 43.8 Å². The van der Waals surface area contributed by atoms with Crippen molar-refractivity contribution < 1.29 is 14.3 Å². The summed E-state index contributed by atoms with van der Waals surface area (Å²) in [5, 5.41) is 3.14. The van der Waals surface area contributed by atoms with Crippen molar-refractivity contribution in [2.45, 2.75) is 45.6 Å². The highest BCUT2D eigenvalue weighted by molar-refractivity contribution is 6.08. The fourth-order valence-corrected chi connectivity index (χ4v) is 6.37. The molecule has 5 rings (SSSR count). The zero-order valence-corrected chi connectivity index (χ0v) is 25.7. The minimum atomic E-state index is -0.101. The van der Waals surface area contributed by atoms with Crippen molar-refractivity contribution in [3.63, 3.8) is 0 Å². The Hall–Kier alpha value is -3.68. The molecule has 1 N–H and O–H groups in total. The molecule has 0 saturated carbocycles. The first-order chi connectivity index (χ1) is 21.0. The van der Waals surface area contributed by atoms with E-state index in [1.54, 1.807) is 0 Å². The molecule has 2 saturated heterocycles. The van der Waals surface area contributed by atoms with Gasteiger partial charge in [-0.2, -0.15) is 0 Å². The predicted octanol–water partition coefficient (Wildman–Crippen LogP) is 6.41. The molecule has 7 nitrogen and oxygen atoms in total. The fraction of sp³-hybridized carbons (Fsp3) is 0.444. The number of hydrogen-bond donors (Lipinski definition) is 1. The second kappa shape index (κ2) is 15.2. The van der Waals surface area contributed by atoms with E-state index in [-0.39, 0.29) is 11.9 Å². The highest BCUT2D eigenvalue weighted by atomic mass is 16.5. The summed E-state index contributed by atoms with van der Waals surface area (Å²) in [5.41, 5.74) is 4.66. The van der Waals surface area contributed by atoms with Gasteiger partial charge in [0.15, 0.2) is 0 Å². The van der Waals surface area contributed by atoms with E-state index < -0.39 is 0 Å². The van der Waals surface area contributed by atoms with Crippen molar-refractivity contribution in [1.29, 1.82) is 0 Å². The number of carbonyl (C=O) groups is 2. The maximum atomic E-state index is 13.4. The van der Waals surface area contributed by atoms with Gasteiger partial charge in [-0.25, -0.2) is 4.79 Å². The third kappa shape index (κ3) is 8.24. The first-order valence-corrected chi connectivity index (χ1v) is 15.9. The lowest BCUT2D eigenvalue weighted by molar-refractivity contribution is 0.0386. The molecule has 228 valence electrons. The van der Waals surface area contributed by atoms with Crippen LogP contribution in [0.4, 0.5) is 10.5 Å². The number of likely N-dealkylation sites (tertiary alicyclic amines) is 1. The van der Waals surface area contributed by atoms with Crippen LogP contribution in [0.1, 0.15) is 49.0 Å². The number of anilines is 1. The number of nitrogens with one attached hydrogen (secondary N) is 1. The number of ether oxygens (including phenoxy) is 1. The average Bonchev–Trinajstić information content (AvgIpc) is 3.05. The van der Waals surface area contributed by atoms with Crippen molar-refractivity contribution in [2.24, 2.45) is 5.92 Å².